The van der Waals surface area contributed by atoms with Crippen LogP contribution in [0, 0.1) is 0 Å². The minimum atomic E-state index is -0.219. The number of urea groups is 1. The third kappa shape index (κ3) is 3.87. The van der Waals surface area contributed by atoms with E-state index in [1.807, 2.05) is 36.4 Å². The van der Waals surface area contributed by atoms with Gasteiger partial charge < -0.3 is 20.5 Å². The lowest BCUT2D eigenvalue weighted by atomic mass is 9.82. The van der Waals surface area contributed by atoms with Crippen LogP contribution in [0.25, 0.3) is 10.9 Å². The summed E-state index contributed by atoms with van der Waals surface area (Å²) < 4.78 is 0. The predicted octanol–water partition coefficient (Wildman–Crippen LogP) is 5.54. The largest absolute Gasteiger partial charge is 0.361 e. The zero-order valence-corrected chi connectivity index (χ0v) is 16.7. The summed E-state index contributed by atoms with van der Waals surface area (Å²) in [6, 6.07) is 16.2. The Bertz CT molecular complexity index is 997. The topological polar surface area (TPSA) is 60.2 Å². The van der Waals surface area contributed by atoms with Gasteiger partial charge in [-0.15, -0.1) is 0 Å². The smallest absolute Gasteiger partial charge is 0.323 e. The Morgan fingerprint density at radius 3 is 2.72 bits per heavy atom. The third-order valence-electron chi connectivity index (χ3n) is 6.51. The molecule has 2 unspecified atom stereocenters. The van der Waals surface area contributed by atoms with Crippen LogP contribution in [0.2, 0.25) is 0 Å². The number of carbonyl (C=O) groups excluding carboxylic acids is 1. The number of hydrogen-bond donors (Lipinski definition) is 3. The van der Waals surface area contributed by atoms with E-state index in [1.165, 1.54) is 56.1 Å². The zero-order valence-electron chi connectivity index (χ0n) is 16.7. The molecule has 2 atom stereocenters. The first-order valence-corrected chi connectivity index (χ1v) is 10.7. The van der Waals surface area contributed by atoms with Crippen LogP contribution in [0.5, 0.6) is 0 Å². The van der Waals surface area contributed by atoms with Crippen molar-refractivity contribution in [2.75, 3.05) is 23.7 Å². The lowest BCUT2D eigenvalue weighted by molar-refractivity contribution is 0.0977. The van der Waals surface area contributed by atoms with E-state index < -0.39 is 0 Å². The number of nitrogens with zero attached hydrogens (tertiary/aromatic N) is 1. The summed E-state index contributed by atoms with van der Waals surface area (Å²) in [5.41, 5.74) is 4.15. The van der Waals surface area contributed by atoms with E-state index in [0.717, 1.165) is 22.9 Å². The molecule has 3 N–H and O–H groups in total. The molecule has 0 saturated carbocycles. The Labute approximate surface area is 171 Å². The summed E-state index contributed by atoms with van der Waals surface area (Å²) in [5, 5.41) is 7.09. The first kappa shape index (κ1) is 18.3. The molecule has 3 heterocycles. The van der Waals surface area contributed by atoms with Crippen molar-refractivity contribution in [2.45, 2.75) is 44.1 Å². The maximum absolute atomic E-state index is 12.4. The van der Waals surface area contributed by atoms with Gasteiger partial charge in [-0.05, 0) is 80.6 Å². The van der Waals surface area contributed by atoms with E-state index in [1.54, 1.807) is 0 Å². The predicted molar refractivity (Wildman–Crippen MR) is 119 cm³/mol. The van der Waals surface area contributed by atoms with E-state index in [0.29, 0.717) is 5.92 Å². The van der Waals surface area contributed by atoms with E-state index in [4.69, 9.17) is 0 Å². The summed E-state index contributed by atoms with van der Waals surface area (Å²) in [5.74, 6) is 0.594. The summed E-state index contributed by atoms with van der Waals surface area (Å²) in [7, 11) is 0. The normalized spacial score (nSPS) is 22.2. The monoisotopic (exact) mass is 388 g/mol. The Morgan fingerprint density at radius 1 is 0.966 bits per heavy atom. The van der Waals surface area contributed by atoms with Crippen LogP contribution in [0.3, 0.4) is 0 Å². The summed E-state index contributed by atoms with van der Waals surface area (Å²) >= 11 is 0. The van der Waals surface area contributed by atoms with Crippen LogP contribution in [0.15, 0.2) is 54.7 Å². The van der Waals surface area contributed by atoms with Gasteiger partial charge in [0.15, 0.2) is 0 Å². The Morgan fingerprint density at radius 2 is 1.83 bits per heavy atom. The summed E-state index contributed by atoms with van der Waals surface area (Å²) in [4.78, 5) is 18.5. The fraction of sp³-hybridized carbons (Fsp3) is 0.375. The molecular weight excluding hydrogens is 360 g/mol. The molecule has 2 aliphatic heterocycles. The molecule has 150 valence electrons. The number of H-pyrrole nitrogens is 1. The molecule has 0 spiro atoms. The molecule has 2 aromatic carbocycles. The van der Waals surface area contributed by atoms with Crippen molar-refractivity contribution >= 4 is 28.3 Å². The summed E-state index contributed by atoms with van der Waals surface area (Å²) in [6.45, 7) is 2.48. The molecule has 2 saturated heterocycles. The first-order valence-electron chi connectivity index (χ1n) is 10.7. The van der Waals surface area contributed by atoms with Crippen molar-refractivity contribution in [1.29, 1.82) is 0 Å². The molecule has 1 aromatic heterocycles. The number of carbonyl (C=O) groups is 1. The van der Waals surface area contributed by atoms with Crippen LogP contribution >= 0.6 is 0 Å². The Balaban J connectivity index is 1.33. The fourth-order valence-corrected chi connectivity index (χ4v) is 5.04. The van der Waals surface area contributed by atoms with Crippen molar-refractivity contribution in [1.82, 2.24) is 9.88 Å². The lowest BCUT2D eigenvalue weighted by Crippen LogP contribution is -2.44. The number of aromatic nitrogens is 1. The van der Waals surface area contributed by atoms with Gasteiger partial charge in [0.1, 0.15) is 0 Å². The number of anilines is 2. The highest BCUT2D eigenvalue weighted by atomic mass is 16.2. The van der Waals surface area contributed by atoms with Gasteiger partial charge in [-0.1, -0.05) is 24.6 Å². The standard InChI is InChI=1S/C24H28N4O/c29-24(26-18-6-2-1-3-7-18)27-19-9-10-23-21(15-19)22(16-25-23)17-11-13-28-12-5-4-8-20(28)14-17/h1-3,6-7,9-10,15-17,20,25H,4-5,8,11-14H2,(H2,26,27,29). The number of hydrogen-bond acceptors (Lipinski definition) is 2. The highest BCUT2D eigenvalue weighted by Gasteiger charge is 2.31. The molecule has 2 aliphatic rings. The zero-order chi connectivity index (χ0) is 19.6. The van der Waals surface area contributed by atoms with Gasteiger partial charge in [0, 0.05) is 34.5 Å². The SMILES string of the molecule is O=C(Nc1ccccc1)Nc1ccc2[nH]cc(C3CCN4CCCCC4C3)c2c1. The van der Waals surface area contributed by atoms with Crippen molar-refractivity contribution in [3.63, 3.8) is 0 Å². The quantitative estimate of drug-likeness (QED) is 0.551. The van der Waals surface area contributed by atoms with Crippen molar-refractivity contribution < 1.29 is 4.79 Å². The number of benzene rings is 2. The van der Waals surface area contributed by atoms with Crippen molar-refractivity contribution in [3.05, 3.63) is 60.3 Å². The average molecular weight is 389 g/mol. The Hall–Kier alpha value is -2.79. The number of fused-ring (bicyclic) bond motifs is 2. The van der Waals surface area contributed by atoms with Crippen molar-refractivity contribution in [3.8, 4) is 0 Å². The fourth-order valence-electron chi connectivity index (χ4n) is 5.04. The highest BCUT2D eigenvalue weighted by molar-refractivity contribution is 6.01. The molecule has 5 rings (SSSR count). The van der Waals surface area contributed by atoms with Crippen LogP contribution in [-0.2, 0) is 0 Å². The van der Waals surface area contributed by atoms with E-state index in [9.17, 15) is 4.79 Å². The number of piperidine rings is 2. The van der Waals surface area contributed by atoms with Crippen molar-refractivity contribution in [2.24, 2.45) is 0 Å². The third-order valence-corrected chi connectivity index (χ3v) is 6.51. The second-order valence-corrected chi connectivity index (χ2v) is 8.36. The lowest BCUT2D eigenvalue weighted by Gasteiger charge is -2.42. The van der Waals surface area contributed by atoms with Gasteiger partial charge >= 0.3 is 6.03 Å². The molecular formula is C24H28N4O. The van der Waals surface area contributed by atoms with E-state index in [-0.39, 0.29) is 6.03 Å². The molecule has 0 bridgehead atoms. The maximum Gasteiger partial charge on any atom is 0.323 e. The molecule has 5 heteroatoms. The van der Waals surface area contributed by atoms with Crippen LogP contribution < -0.4 is 10.6 Å². The number of aromatic amines is 1. The van der Waals surface area contributed by atoms with Gasteiger partial charge in [0.05, 0.1) is 0 Å². The molecule has 0 radical (unpaired) electrons. The Kier molecular flexibility index (Phi) is 4.98. The van der Waals surface area contributed by atoms with Gasteiger partial charge in [-0.2, -0.15) is 0 Å². The second-order valence-electron chi connectivity index (χ2n) is 8.36. The van der Waals surface area contributed by atoms with E-state index in [2.05, 4.69) is 38.8 Å². The van der Waals surface area contributed by atoms with Gasteiger partial charge in [0.25, 0.3) is 0 Å². The molecule has 2 amide bonds. The second kappa shape index (κ2) is 7.91. The molecule has 0 aliphatic carbocycles. The minimum absolute atomic E-state index is 0.219. The molecule has 2 fully saturated rings. The number of para-hydroxylation sites is 1. The van der Waals surface area contributed by atoms with Crippen LogP contribution in [0.4, 0.5) is 16.2 Å². The van der Waals surface area contributed by atoms with Gasteiger partial charge in [0.2, 0.25) is 0 Å². The maximum atomic E-state index is 12.4. The highest BCUT2D eigenvalue weighted by Crippen LogP contribution is 2.38. The number of nitrogens with one attached hydrogen (secondary N) is 3. The first-order chi connectivity index (χ1) is 14.3. The van der Waals surface area contributed by atoms with Gasteiger partial charge in [-0.3, -0.25) is 0 Å². The number of rotatable bonds is 3. The molecule has 29 heavy (non-hydrogen) atoms. The molecule has 5 nitrogen and oxygen atoms in total. The molecule has 3 aromatic rings. The number of amides is 2. The summed E-state index contributed by atoms with van der Waals surface area (Å²) in [6.07, 6.45) is 8.71. The minimum Gasteiger partial charge on any atom is -0.361 e. The van der Waals surface area contributed by atoms with Gasteiger partial charge in [-0.25, -0.2) is 4.79 Å². The van der Waals surface area contributed by atoms with Crippen LogP contribution in [-0.4, -0.2) is 35.0 Å². The van der Waals surface area contributed by atoms with E-state index >= 15 is 0 Å². The van der Waals surface area contributed by atoms with Crippen LogP contribution in [0.1, 0.15) is 43.6 Å². The average Bonchev–Trinajstić information content (AvgIpc) is 3.17.